The van der Waals surface area contributed by atoms with Gasteiger partial charge in [0.25, 0.3) is 0 Å². The van der Waals surface area contributed by atoms with Crippen molar-refractivity contribution in [3.05, 3.63) is 16.1 Å². The minimum absolute atomic E-state index is 0.163. The molecule has 0 bridgehead atoms. The van der Waals surface area contributed by atoms with E-state index in [0.29, 0.717) is 37.4 Å². The number of ether oxygens (including phenoxy) is 2. The van der Waals surface area contributed by atoms with E-state index in [4.69, 9.17) is 9.47 Å². The largest absolute Gasteiger partial charge is 0.443 e. The lowest BCUT2D eigenvalue weighted by Gasteiger charge is -2.39. The molecule has 0 aromatic carbocycles. The van der Waals surface area contributed by atoms with Crippen molar-refractivity contribution >= 4 is 11.3 Å². The summed E-state index contributed by atoms with van der Waals surface area (Å²) in [4.78, 5) is 3.48. The standard InChI is InChI=1S/C11H14F3NO3S/c1-17-10(2-4-18-5-3-10)8(16)7-6-15-9(19-7)11(12,13)14/h6,8,16H,2-5H2,1H3. The Morgan fingerprint density at radius 1 is 1.47 bits per heavy atom. The van der Waals surface area contributed by atoms with E-state index in [1.807, 2.05) is 0 Å². The van der Waals surface area contributed by atoms with Crippen molar-refractivity contribution in [2.24, 2.45) is 0 Å². The highest BCUT2D eigenvalue weighted by Crippen LogP contribution is 2.41. The van der Waals surface area contributed by atoms with Gasteiger partial charge in [-0.3, -0.25) is 0 Å². The molecular weight excluding hydrogens is 283 g/mol. The summed E-state index contributed by atoms with van der Waals surface area (Å²) in [5, 5.41) is 9.34. The van der Waals surface area contributed by atoms with Crippen molar-refractivity contribution < 1.29 is 27.8 Å². The first-order chi connectivity index (χ1) is 8.89. The summed E-state index contributed by atoms with van der Waals surface area (Å²) in [7, 11) is 1.44. The summed E-state index contributed by atoms with van der Waals surface area (Å²) in [5.41, 5.74) is -0.895. The Labute approximate surface area is 112 Å². The maximum atomic E-state index is 12.5. The van der Waals surface area contributed by atoms with Crippen LogP contribution in [-0.2, 0) is 15.7 Å². The number of nitrogens with zero attached hydrogens (tertiary/aromatic N) is 1. The zero-order chi connectivity index (χ0) is 14.1. The van der Waals surface area contributed by atoms with Crippen LogP contribution in [0.4, 0.5) is 13.2 Å². The lowest BCUT2D eigenvalue weighted by molar-refractivity contribution is -0.153. The molecule has 1 aromatic rings. The van der Waals surface area contributed by atoms with Gasteiger partial charge in [-0.05, 0) is 0 Å². The first-order valence-corrected chi connectivity index (χ1v) is 6.54. The molecular formula is C11H14F3NO3S. The minimum atomic E-state index is -4.49. The molecule has 1 unspecified atom stereocenters. The number of hydrogen-bond donors (Lipinski definition) is 1. The topological polar surface area (TPSA) is 51.6 Å². The van der Waals surface area contributed by atoms with Crippen molar-refractivity contribution in [2.75, 3.05) is 20.3 Å². The molecule has 1 atom stereocenters. The van der Waals surface area contributed by atoms with Crippen LogP contribution >= 0.6 is 11.3 Å². The molecule has 1 aromatic heterocycles. The van der Waals surface area contributed by atoms with Crippen molar-refractivity contribution in [3.63, 3.8) is 0 Å². The van der Waals surface area contributed by atoms with Gasteiger partial charge in [0.2, 0.25) is 0 Å². The van der Waals surface area contributed by atoms with Gasteiger partial charge in [0, 0.05) is 39.4 Å². The van der Waals surface area contributed by atoms with Crippen LogP contribution in [0.5, 0.6) is 0 Å². The van der Waals surface area contributed by atoms with E-state index in [1.165, 1.54) is 7.11 Å². The van der Waals surface area contributed by atoms with Crippen molar-refractivity contribution in [1.82, 2.24) is 4.98 Å². The Balaban J connectivity index is 2.22. The van der Waals surface area contributed by atoms with E-state index >= 15 is 0 Å². The fraction of sp³-hybridized carbons (Fsp3) is 0.727. The van der Waals surface area contributed by atoms with Crippen LogP contribution in [0.25, 0.3) is 0 Å². The maximum absolute atomic E-state index is 12.5. The van der Waals surface area contributed by atoms with Crippen LogP contribution in [0, 0.1) is 0 Å². The van der Waals surface area contributed by atoms with Crippen LogP contribution in [0.3, 0.4) is 0 Å². The Morgan fingerprint density at radius 2 is 2.11 bits per heavy atom. The smallest absolute Gasteiger partial charge is 0.384 e. The van der Waals surface area contributed by atoms with Crippen LogP contribution in [0.1, 0.15) is 28.8 Å². The Kier molecular flexibility index (Phi) is 4.14. The molecule has 1 saturated heterocycles. The zero-order valence-electron chi connectivity index (χ0n) is 10.2. The maximum Gasteiger partial charge on any atom is 0.443 e. The van der Waals surface area contributed by atoms with E-state index in [0.717, 1.165) is 6.20 Å². The molecule has 1 fully saturated rings. The highest BCUT2D eigenvalue weighted by molar-refractivity contribution is 7.11. The summed E-state index contributed by atoms with van der Waals surface area (Å²) < 4.78 is 48.0. The molecule has 0 aliphatic carbocycles. The number of aliphatic hydroxyl groups is 1. The third-order valence-electron chi connectivity index (χ3n) is 3.28. The van der Waals surface area contributed by atoms with Crippen LogP contribution in [0.2, 0.25) is 0 Å². The number of aliphatic hydroxyl groups excluding tert-OH is 1. The molecule has 108 valence electrons. The molecule has 0 radical (unpaired) electrons. The molecule has 19 heavy (non-hydrogen) atoms. The van der Waals surface area contributed by atoms with E-state index < -0.39 is 22.9 Å². The first kappa shape index (κ1) is 14.7. The SMILES string of the molecule is COC1(C(O)c2cnc(C(F)(F)F)s2)CCOCC1. The number of hydrogen-bond acceptors (Lipinski definition) is 5. The second-order valence-corrected chi connectivity index (χ2v) is 5.41. The normalized spacial score (nSPS) is 21.3. The average Bonchev–Trinajstić information content (AvgIpc) is 2.88. The predicted octanol–water partition coefficient (Wildman–Crippen LogP) is 2.39. The Bertz CT molecular complexity index is 429. The quantitative estimate of drug-likeness (QED) is 0.930. The van der Waals surface area contributed by atoms with E-state index in [9.17, 15) is 18.3 Å². The number of alkyl halides is 3. The van der Waals surface area contributed by atoms with Gasteiger partial charge >= 0.3 is 6.18 Å². The monoisotopic (exact) mass is 297 g/mol. The summed E-state index contributed by atoms with van der Waals surface area (Å²) in [5.74, 6) is 0. The van der Waals surface area contributed by atoms with E-state index in [1.54, 1.807) is 0 Å². The third kappa shape index (κ3) is 2.91. The number of methoxy groups -OCH3 is 1. The second kappa shape index (κ2) is 5.35. The highest BCUT2D eigenvalue weighted by atomic mass is 32.1. The Hall–Kier alpha value is -0.700. The van der Waals surface area contributed by atoms with Gasteiger partial charge in [0.05, 0.1) is 4.88 Å². The zero-order valence-corrected chi connectivity index (χ0v) is 11.1. The van der Waals surface area contributed by atoms with Crippen molar-refractivity contribution in [1.29, 1.82) is 0 Å². The van der Waals surface area contributed by atoms with Gasteiger partial charge in [-0.25, -0.2) is 4.98 Å². The van der Waals surface area contributed by atoms with E-state index in [2.05, 4.69) is 4.98 Å². The van der Waals surface area contributed by atoms with Crippen LogP contribution in [0.15, 0.2) is 6.20 Å². The number of rotatable bonds is 3. The van der Waals surface area contributed by atoms with Gasteiger partial charge in [0.1, 0.15) is 11.7 Å². The van der Waals surface area contributed by atoms with Gasteiger partial charge < -0.3 is 14.6 Å². The molecule has 0 saturated carbocycles. The Morgan fingerprint density at radius 3 is 2.58 bits per heavy atom. The second-order valence-electron chi connectivity index (χ2n) is 4.35. The van der Waals surface area contributed by atoms with Gasteiger partial charge in [-0.2, -0.15) is 13.2 Å². The fourth-order valence-electron chi connectivity index (χ4n) is 2.11. The van der Waals surface area contributed by atoms with Crippen LogP contribution < -0.4 is 0 Å². The summed E-state index contributed by atoms with van der Waals surface area (Å²) >= 11 is 0.449. The average molecular weight is 297 g/mol. The van der Waals surface area contributed by atoms with Gasteiger partial charge in [-0.15, -0.1) is 11.3 Å². The molecule has 1 aliphatic heterocycles. The molecule has 2 rings (SSSR count). The number of thiazole rings is 1. The fourth-order valence-corrected chi connectivity index (χ4v) is 2.99. The molecule has 0 amide bonds. The van der Waals surface area contributed by atoms with Crippen LogP contribution in [-0.4, -0.2) is 36.0 Å². The molecule has 8 heteroatoms. The van der Waals surface area contributed by atoms with Gasteiger partial charge in [0.15, 0.2) is 5.01 Å². The minimum Gasteiger partial charge on any atom is -0.384 e. The predicted molar refractivity (Wildman–Crippen MR) is 61.9 cm³/mol. The third-order valence-corrected chi connectivity index (χ3v) is 4.37. The van der Waals surface area contributed by atoms with Crippen molar-refractivity contribution in [3.8, 4) is 0 Å². The lowest BCUT2D eigenvalue weighted by Crippen LogP contribution is -2.43. The molecule has 1 aliphatic rings. The summed E-state index contributed by atoms with van der Waals surface area (Å²) in [6.07, 6.45) is -3.68. The van der Waals surface area contributed by atoms with Gasteiger partial charge in [-0.1, -0.05) is 0 Å². The summed E-state index contributed by atoms with van der Waals surface area (Å²) in [6, 6.07) is 0. The molecule has 4 nitrogen and oxygen atoms in total. The first-order valence-electron chi connectivity index (χ1n) is 5.73. The molecule has 0 spiro atoms. The number of halogens is 3. The van der Waals surface area contributed by atoms with E-state index in [-0.39, 0.29) is 4.88 Å². The molecule has 2 heterocycles. The highest BCUT2D eigenvalue weighted by Gasteiger charge is 2.43. The lowest BCUT2D eigenvalue weighted by atomic mass is 9.87. The summed E-state index contributed by atoms with van der Waals surface area (Å²) in [6.45, 7) is 0.825. The van der Waals surface area contributed by atoms with Crippen molar-refractivity contribution in [2.45, 2.75) is 30.7 Å². The molecule has 1 N–H and O–H groups in total. The number of aromatic nitrogens is 1.